The van der Waals surface area contributed by atoms with E-state index in [-0.39, 0.29) is 5.88 Å². The number of hydrogen-bond donors (Lipinski definition) is 1. The van der Waals surface area contributed by atoms with Crippen LogP contribution < -0.4 is 10.6 Å². The van der Waals surface area contributed by atoms with Gasteiger partial charge in [0, 0.05) is 10.2 Å². The fraction of sp³-hybridized carbons (Fsp3) is 0. The molecule has 124 valence electrons. The number of thiazole rings is 1. The maximum absolute atomic E-state index is 12.4. The zero-order valence-electron chi connectivity index (χ0n) is 12.4. The zero-order chi connectivity index (χ0) is 17.7. The Morgan fingerprint density at radius 1 is 1.16 bits per heavy atom. The zero-order valence-corrected chi connectivity index (χ0v) is 15.5. The van der Waals surface area contributed by atoms with Crippen LogP contribution in [0.2, 0.25) is 10.0 Å². The van der Waals surface area contributed by atoms with Gasteiger partial charge in [-0.25, -0.2) is 4.99 Å². The van der Waals surface area contributed by atoms with Crippen LogP contribution in [0.3, 0.4) is 0 Å². The van der Waals surface area contributed by atoms with Crippen molar-refractivity contribution in [3.05, 3.63) is 71.9 Å². The summed E-state index contributed by atoms with van der Waals surface area (Å²) in [5.41, 5.74) is 0.834. The molecule has 0 saturated heterocycles. The Labute approximate surface area is 160 Å². The van der Waals surface area contributed by atoms with Crippen molar-refractivity contribution in [1.29, 1.82) is 0 Å². The minimum Gasteiger partial charge on any atom is -0.493 e. The largest absolute Gasteiger partial charge is 0.493 e. The van der Waals surface area contributed by atoms with Gasteiger partial charge in [0.15, 0.2) is 3.95 Å². The molecule has 8 heteroatoms. The van der Waals surface area contributed by atoms with Gasteiger partial charge in [-0.15, -0.1) is 11.3 Å². The van der Waals surface area contributed by atoms with Crippen LogP contribution in [0.15, 0.2) is 47.5 Å². The number of aromatic nitrogens is 1. The van der Waals surface area contributed by atoms with Crippen LogP contribution >= 0.6 is 46.8 Å². The molecule has 2 aromatic carbocycles. The predicted octanol–water partition coefficient (Wildman–Crippen LogP) is 3.64. The van der Waals surface area contributed by atoms with Gasteiger partial charge >= 0.3 is 0 Å². The first-order valence-electron chi connectivity index (χ1n) is 7.10. The first kappa shape index (κ1) is 16.5. The SMILES string of the molecule is O=C1N=c2ccccc2=C1c1sc(=S)n(-c2ccc(Cl)cc2Cl)c1O. The van der Waals surface area contributed by atoms with Crippen LogP contribution in [0.25, 0.3) is 11.3 Å². The molecule has 1 aromatic heterocycles. The normalized spacial score (nSPS) is 13.0. The topological polar surface area (TPSA) is 54.6 Å². The second kappa shape index (κ2) is 6.07. The predicted molar refractivity (Wildman–Crippen MR) is 101 cm³/mol. The molecule has 0 spiro atoms. The van der Waals surface area contributed by atoms with E-state index in [0.29, 0.717) is 40.7 Å². The second-order valence-corrected chi connectivity index (χ2v) is 7.75. The first-order valence-corrected chi connectivity index (χ1v) is 9.08. The smallest absolute Gasteiger partial charge is 0.279 e. The van der Waals surface area contributed by atoms with Gasteiger partial charge in [0.1, 0.15) is 4.88 Å². The Kier molecular flexibility index (Phi) is 4.00. The van der Waals surface area contributed by atoms with Gasteiger partial charge in [-0.2, -0.15) is 0 Å². The lowest BCUT2D eigenvalue weighted by atomic mass is 10.1. The van der Waals surface area contributed by atoms with Crippen molar-refractivity contribution >= 4 is 58.2 Å². The van der Waals surface area contributed by atoms with Gasteiger partial charge in [0.05, 0.1) is 21.6 Å². The number of nitrogens with zero attached hydrogens (tertiary/aromatic N) is 2. The van der Waals surface area contributed by atoms with Crippen molar-refractivity contribution in [1.82, 2.24) is 4.57 Å². The van der Waals surface area contributed by atoms with E-state index in [2.05, 4.69) is 4.99 Å². The summed E-state index contributed by atoms with van der Waals surface area (Å²) in [5, 5.41) is 12.8. The monoisotopic (exact) mass is 406 g/mol. The Hall–Kier alpha value is -1.99. The summed E-state index contributed by atoms with van der Waals surface area (Å²) in [6.07, 6.45) is 0. The number of hydrogen-bond acceptors (Lipinski definition) is 4. The van der Waals surface area contributed by atoms with Gasteiger partial charge in [0.2, 0.25) is 5.88 Å². The summed E-state index contributed by atoms with van der Waals surface area (Å²) >= 11 is 18.7. The highest BCUT2D eigenvalue weighted by Gasteiger charge is 2.26. The molecular formula is C17H8Cl2N2O2S2. The lowest BCUT2D eigenvalue weighted by Crippen LogP contribution is -2.22. The highest BCUT2D eigenvalue weighted by Crippen LogP contribution is 2.37. The van der Waals surface area contributed by atoms with E-state index in [1.807, 2.05) is 6.07 Å². The first-order chi connectivity index (χ1) is 12.0. The number of para-hydroxylation sites is 1. The molecule has 1 amide bonds. The molecule has 4 nitrogen and oxygen atoms in total. The third-order valence-electron chi connectivity index (χ3n) is 3.77. The number of benzene rings is 2. The van der Waals surface area contributed by atoms with E-state index in [9.17, 15) is 9.90 Å². The van der Waals surface area contributed by atoms with E-state index in [0.717, 1.165) is 11.3 Å². The molecule has 0 fully saturated rings. The Morgan fingerprint density at radius 3 is 2.68 bits per heavy atom. The van der Waals surface area contributed by atoms with Crippen LogP contribution in [-0.4, -0.2) is 15.6 Å². The van der Waals surface area contributed by atoms with Crippen molar-refractivity contribution in [2.24, 2.45) is 4.99 Å². The van der Waals surface area contributed by atoms with E-state index in [1.54, 1.807) is 36.4 Å². The molecule has 0 unspecified atom stereocenters. The Bertz CT molecular complexity index is 1230. The minimum atomic E-state index is -0.401. The number of rotatable bonds is 2. The molecule has 2 heterocycles. The molecule has 1 aliphatic heterocycles. The quantitative estimate of drug-likeness (QED) is 0.660. The van der Waals surface area contributed by atoms with Crippen LogP contribution in [0.5, 0.6) is 5.88 Å². The van der Waals surface area contributed by atoms with E-state index >= 15 is 0 Å². The highest BCUT2D eigenvalue weighted by atomic mass is 35.5. The number of aromatic hydroxyl groups is 1. The van der Waals surface area contributed by atoms with E-state index < -0.39 is 5.91 Å². The molecular weight excluding hydrogens is 399 g/mol. The third-order valence-corrected chi connectivity index (χ3v) is 5.69. The van der Waals surface area contributed by atoms with Crippen LogP contribution in [0.4, 0.5) is 0 Å². The molecule has 0 aliphatic carbocycles. The fourth-order valence-electron chi connectivity index (χ4n) is 2.69. The van der Waals surface area contributed by atoms with Gasteiger partial charge < -0.3 is 5.11 Å². The molecule has 0 saturated carbocycles. The van der Waals surface area contributed by atoms with Gasteiger partial charge in [-0.3, -0.25) is 9.36 Å². The molecule has 4 rings (SSSR count). The summed E-state index contributed by atoms with van der Waals surface area (Å²) in [4.78, 5) is 16.8. The van der Waals surface area contributed by atoms with Crippen molar-refractivity contribution in [3.8, 4) is 11.6 Å². The lowest BCUT2D eigenvalue weighted by molar-refractivity contribution is -0.112. The standard InChI is InChI=1S/C17H8Cl2N2O2S2/c18-8-5-6-12(10(19)7-8)21-16(23)14(25-17(21)24)13-9-3-1-2-4-11(9)20-15(13)22/h1-7,23H. The van der Waals surface area contributed by atoms with E-state index in [4.69, 9.17) is 35.4 Å². The average Bonchev–Trinajstić information content (AvgIpc) is 3.04. The summed E-state index contributed by atoms with van der Waals surface area (Å²) in [6.45, 7) is 0. The summed E-state index contributed by atoms with van der Waals surface area (Å²) in [7, 11) is 0. The van der Waals surface area contributed by atoms with Gasteiger partial charge in [-0.1, -0.05) is 41.4 Å². The van der Waals surface area contributed by atoms with Crippen molar-refractivity contribution < 1.29 is 9.90 Å². The van der Waals surface area contributed by atoms with Crippen molar-refractivity contribution in [3.63, 3.8) is 0 Å². The summed E-state index contributed by atoms with van der Waals surface area (Å²) in [5.74, 6) is -0.545. The average molecular weight is 407 g/mol. The molecule has 3 aromatic rings. The second-order valence-electron chi connectivity index (χ2n) is 5.26. The molecule has 25 heavy (non-hydrogen) atoms. The number of carbonyl (C=O) groups is 1. The number of fused-ring (bicyclic) bond motifs is 1. The van der Waals surface area contributed by atoms with Gasteiger partial charge in [0.25, 0.3) is 5.91 Å². The Balaban J connectivity index is 2.01. The molecule has 1 aliphatic rings. The Morgan fingerprint density at radius 2 is 1.92 bits per heavy atom. The molecule has 0 radical (unpaired) electrons. The summed E-state index contributed by atoms with van der Waals surface area (Å²) < 4.78 is 1.79. The number of halogens is 2. The molecule has 1 N–H and O–H groups in total. The minimum absolute atomic E-state index is 0.144. The fourth-order valence-corrected chi connectivity index (χ4v) is 4.55. The van der Waals surface area contributed by atoms with Crippen molar-refractivity contribution in [2.45, 2.75) is 0 Å². The maximum atomic E-state index is 12.4. The van der Waals surface area contributed by atoms with Crippen LogP contribution in [-0.2, 0) is 4.79 Å². The molecule has 0 atom stereocenters. The van der Waals surface area contributed by atoms with Crippen molar-refractivity contribution in [2.75, 3.05) is 0 Å². The third kappa shape index (κ3) is 2.62. The highest BCUT2D eigenvalue weighted by molar-refractivity contribution is 7.73. The number of amides is 1. The van der Waals surface area contributed by atoms with Gasteiger partial charge in [-0.05, 0) is 36.5 Å². The summed E-state index contributed by atoms with van der Waals surface area (Å²) in [6, 6.07) is 12.0. The van der Waals surface area contributed by atoms with E-state index in [1.165, 1.54) is 4.57 Å². The van der Waals surface area contributed by atoms with Crippen LogP contribution in [0, 0.1) is 3.95 Å². The maximum Gasteiger partial charge on any atom is 0.279 e. The number of carbonyl (C=O) groups excluding carboxylic acids is 1. The van der Waals surface area contributed by atoms with Crippen LogP contribution in [0.1, 0.15) is 4.88 Å². The molecule has 0 bridgehead atoms. The lowest BCUT2D eigenvalue weighted by Gasteiger charge is -2.08.